The number of thiazole rings is 1. The van der Waals surface area contributed by atoms with Crippen molar-refractivity contribution in [2.45, 2.75) is 45.2 Å². The van der Waals surface area contributed by atoms with Crippen molar-refractivity contribution >= 4 is 22.9 Å². The van der Waals surface area contributed by atoms with Gasteiger partial charge >= 0.3 is 0 Å². The van der Waals surface area contributed by atoms with E-state index in [1.165, 1.54) is 42.7 Å². The zero-order valence-electron chi connectivity index (χ0n) is 16.7. The highest BCUT2D eigenvalue weighted by Crippen LogP contribution is 2.23. The minimum atomic E-state index is -0.0505. The van der Waals surface area contributed by atoms with Gasteiger partial charge in [0.25, 0.3) is 0 Å². The second kappa shape index (κ2) is 9.29. The summed E-state index contributed by atoms with van der Waals surface area (Å²) in [6.45, 7) is 4.46. The fourth-order valence-electron chi connectivity index (χ4n) is 3.70. The first-order valence-corrected chi connectivity index (χ1v) is 11.0. The maximum absolute atomic E-state index is 12.4. The predicted octanol–water partition coefficient (Wildman–Crippen LogP) is 4.76. The summed E-state index contributed by atoms with van der Waals surface area (Å²) < 4.78 is 0. The molecule has 0 saturated carbocycles. The molecule has 4 rings (SSSR count). The van der Waals surface area contributed by atoms with E-state index in [1.807, 2.05) is 29.6 Å². The van der Waals surface area contributed by atoms with Crippen molar-refractivity contribution in [3.8, 4) is 10.6 Å². The van der Waals surface area contributed by atoms with E-state index >= 15 is 0 Å². The number of amides is 1. The number of hydrogen-bond donors (Lipinski definition) is 1. The van der Waals surface area contributed by atoms with Gasteiger partial charge in [0, 0.05) is 41.6 Å². The lowest BCUT2D eigenvalue weighted by Crippen LogP contribution is -2.36. The van der Waals surface area contributed by atoms with Gasteiger partial charge in [0.2, 0.25) is 5.91 Å². The van der Waals surface area contributed by atoms with E-state index < -0.39 is 0 Å². The van der Waals surface area contributed by atoms with E-state index in [9.17, 15) is 4.79 Å². The van der Waals surface area contributed by atoms with Gasteiger partial charge in [-0.15, -0.1) is 11.3 Å². The molecule has 2 aromatic heterocycles. The van der Waals surface area contributed by atoms with E-state index in [1.54, 1.807) is 12.4 Å². The molecule has 1 aliphatic heterocycles. The smallest absolute Gasteiger partial charge is 0.230 e. The summed E-state index contributed by atoms with van der Waals surface area (Å²) in [5, 5.41) is 5.80. The molecule has 29 heavy (non-hydrogen) atoms. The van der Waals surface area contributed by atoms with Gasteiger partial charge in [-0.2, -0.15) is 0 Å². The van der Waals surface area contributed by atoms with E-state index in [4.69, 9.17) is 0 Å². The molecule has 0 radical (unpaired) electrons. The zero-order chi connectivity index (χ0) is 20.1. The Morgan fingerprint density at radius 1 is 1.24 bits per heavy atom. The first-order chi connectivity index (χ1) is 14.2. The number of nitrogens with one attached hydrogen (secondary N) is 1. The van der Waals surface area contributed by atoms with Gasteiger partial charge < -0.3 is 5.32 Å². The molecule has 1 unspecified atom stereocenters. The molecule has 1 amide bonds. The molecule has 5 nitrogen and oxygen atoms in total. The zero-order valence-corrected chi connectivity index (χ0v) is 17.5. The van der Waals surface area contributed by atoms with Crippen LogP contribution in [0.3, 0.4) is 0 Å². The summed E-state index contributed by atoms with van der Waals surface area (Å²) in [6, 6.07) is 12.7. The molecule has 0 bridgehead atoms. The number of piperidine rings is 1. The van der Waals surface area contributed by atoms with Gasteiger partial charge in [0.1, 0.15) is 5.01 Å². The van der Waals surface area contributed by atoms with E-state index in [2.05, 4.69) is 39.2 Å². The Bertz CT molecular complexity index is 939. The van der Waals surface area contributed by atoms with Gasteiger partial charge in [-0.3, -0.25) is 14.7 Å². The van der Waals surface area contributed by atoms with Crippen molar-refractivity contribution < 1.29 is 4.79 Å². The van der Waals surface area contributed by atoms with Crippen LogP contribution in [-0.2, 0) is 17.8 Å². The van der Waals surface area contributed by atoms with Crippen LogP contribution < -0.4 is 5.32 Å². The summed E-state index contributed by atoms with van der Waals surface area (Å²) in [5.41, 5.74) is 3.87. The van der Waals surface area contributed by atoms with Crippen LogP contribution in [0.5, 0.6) is 0 Å². The normalized spacial score (nSPS) is 17.2. The van der Waals surface area contributed by atoms with E-state index in [0.717, 1.165) is 28.5 Å². The lowest BCUT2D eigenvalue weighted by molar-refractivity contribution is -0.115. The molecular weight excluding hydrogens is 380 g/mol. The number of rotatable bonds is 6. The third-order valence-corrected chi connectivity index (χ3v) is 6.31. The number of aromatic nitrogens is 2. The van der Waals surface area contributed by atoms with Crippen LogP contribution in [-0.4, -0.2) is 33.4 Å². The Balaban J connectivity index is 1.31. The standard InChI is InChI=1S/C23H26N4OS/c1-17-5-2-3-12-27(17)15-18-7-9-20(10-8-18)25-22(28)13-21-16-29-23(26-21)19-6-4-11-24-14-19/h4,6-11,14,16-17H,2-3,5,12-13,15H2,1H3,(H,25,28). The first-order valence-electron chi connectivity index (χ1n) is 10.1. The minimum absolute atomic E-state index is 0.0505. The highest BCUT2D eigenvalue weighted by atomic mass is 32.1. The monoisotopic (exact) mass is 406 g/mol. The lowest BCUT2D eigenvalue weighted by atomic mass is 10.0. The van der Waals surface area contributed by atoms with Crippen LogP contribution in [0.15, 0.2) is 54.2 Å². The number of benzene rings is 1. The largest absolute Gasteiger partial charge is 0.326 e. The Morgan fingerprint density at radius 3 is 2.86 bits per heavy atom. The molecule has 1 aromatic carbocycles. The topological polar surface area (TPSA) is 58.1 Å². The molecule has 1 fully saturated rings. The van der Waals surface area contributed by atoms with Crippen LogP contribution in [0.25, 0.3) is 10.6 Å². The molecule has 1 atom stereocenters. The number of nitrogens with zero attached hydrogens (tertiary/aromatic N) is 3. The van der Waals surface area contributed by atoms with Crippen molar-refractivity contribution in [2.24, 2.45) is 0 Å². The number of anilines is 1. The summed E-state index contributed by atoms with van der Waals surface area (Å²) in [6.07, 6.45) is 7.71. The van der Waals surface area contributed by atoms with Gasteiger partial charge in [0.05, 0.1) is 12.1 Å². The molecular formula is C23H26N4OS. The quantitative estimate of drug-likeness (QED) is 0.641. The van der Waals surface area contributed by atoms with Crippen LogP contribution >= 0.6 is 11.3 Å². The second-order valence-electron chi connectivity index (χ2n) is 7.62. The van der Waals surface area contributed by atoms with Crippen LogP contribution in [0.2, 0.25) is 0 Å². The van der Waals surface area contributed by atoms with E-state index in [0.29, 0.717) is 6.04 Å². The fourth-order valence-corrected chi connectivity index (χ4v) is 4.51. The average molecular weight is 407 g/mol. The fraction of sp³-hybridized carbons (Fsp3) is 0.348. The minimum Gasteiger partial charge on any atom is -0.326 e. The number of pyridine rings is 1. The van der Waals surface area contributed by atoms with Gasteiger partial charge in [-0.25, -0.2) is 4.98 Å². The predicted molar refractivity (Wildman–Crippen MR) is 118 cm³/mol. The van der Waals surface area contributed by atoms with Crippen molar-refractivity contribution in [2.75, 3.05) is 11.9 Å². The van der Waals surface area contributed by atoms with Crippen LogP contribution in [0.4, 0.5) is 5.69 Å². The molecule has 3 heterocycles. The number of carbonyl (C=O) groups is 1. The number of carbonyl (C=O) groups excluding carboxylic acids is 1. The molecule has 150 valence electrons. The highest BCUT2D eigenvalue weighted by molar-refractivity contribution is 7.13. The van der Waals surface area contributed by atoms with Crippen molar-refractivity contribution in [1.29, 1.82) is 0 Å². The molecule has 3 aromatic rings. The summed E-state index contributed by atoms with van der Waals surface area (Å²) >= 11 is 1.53. The Morgan fingerprint density at radius 2 is 2.10 bits per heavy atom. The summed E-state index contributed by atoms with van der Waals surface area (Å²) in [7, 11) is 0. The Hall–Kier alpha value is -2.57. The van der Waals surface area contributed by atoms with Crippen LogP contribution in [0, 0.1) is 0 Å². The third-order valence-electron chi connectivity index (χ3n) is 5.37. The second-order valence-corrected chi connectivity index (χ2v) is 8.48. The number of likely N-dealkylation sites (tertiary alicyclic amines) is 1. The summed E-state index contributed by atoms with van der Waals surface area (Å²) in [4.78, 5) is 23.6. The Labute approximate surface area is 175 Å². The molecule has 1 aliphatic rings. The maximum atomic E-state index is 12.4. The molecule has 0 aliphatic carbocycles. The highest BCUT2D eigenvalue weighted by Gasteiger charge is 2.18. The van der Waals surface area contributed by atoms with Gasteiger partial charge in [-0.1, -0.05) is 18.6 Å². The van der Waals surface area contributed by atoms with Gasteiger partial charge in [0.15, 0.2) is 0 Å². The molecule has 0 spiro atoms. The van der Waals surface area contributed by atoms with Crippen molar-refractivity contribution in [3.63, 3.8) is 0 Å². The number of hydrogen-bond acceptors (Lipinski definition) is 5. The van der Waals surface area contributed by atoms with E-state index in [-0.39, 0.29) is 12.3 Å². The third kappa shape index (κ3) is 5.28. The van der Waals surface area contributed by atoms with Crippen molar-refractivity contribution in [3.05, 3.63) is 65.4 Å². The average Bonchev–Trinajstić information content (AvgIpc) is 3.20. The maximum Gasteiger partial charge on any atom is 0.230 e. The SMILES string of the molecule is CC1CCCCN1Cc1ccc(NC(=O)Cc2csc(-c3cccnc3)n2)cc1. The van der Waals surface area contributed by atoms with Crippen LogP contribution in [0.1, 0.15) is 37.4 Å². The molecule has 1 saturated heterocycles. The van der Waals surface area contributed by atoms with Crippen molar-refractivity contribution in [1.82, 2.24) is 14.9 Å². The molecule has 6 heteroatoms. The lowest BCUT2D eigenvalue weighted by Gasteiger charge is -2.33. The van der Waals surface area contributed by atoms with Gasteiger partial charge in [-0.05, 0) is 56.1 Å². The molecule has 1 N–H and O–H groups in total. The summed E-state index contributed by atoms with van der Waals surface area (Å²) in [5.74, 6) is -0.0505. The Kier molecular flexibility index (Phi) is 6.32. The first kappa shape index (κ1) is 19.7.